The Balaban J connectivity index is 1.96. The first-order valence-electron chi connectivity index (χ1n) is 9.71. The molecule has 146 valence electrons. The molecule has 0 aliphatic rings. The third-order valence-electron chi connectivity index (χ3n) is 4.26. The molecule has 0 unspecified atom stereocenters. The highest BCUT2D eigenvalue weighted by atomic mass is 35.5. The summed E-state index contributed by atoms with van der Waals surface area (Å²) >= 11 is 14.4. The van der Waals surface area contributed by atoms with Crippen LogP contribution < -0.4 is 0 Å². The van der Waals surface area contributed by atoms with Gasteiger partial charge in [-0.15, -0.1) is 23.5 Å². The predicted molar refractivity (Wildman–Crippen MR) is 125 cm³/mol. The second-order valence-corrected chi connectivity index (χ2v) is 10.2. The van der Waals surface area contributed by atoms with Gasteiger partial charge in [-0.3, -0.25) is 4.79 Å². The number of thioether (sulfide) groups is 2. The first-order chi connectivity index (χ1) is 12.6. The van der Waals surface area contributed by atoms with Gasteiger partial charge in [0.15, 0.2) is 0 Å². The largest absolute Gasteiger partial charge is 0.276 e. The molecule has 0 aromatic heterocycles. The fourth-order valence-electron chi connectivity index (χ4n) is 2.66. The molecule has 26 heavy (non-hydrogen) atoms. The molecular formula is C21H31ClOS3. The van der Waals surface area contributed by atoms with Crippen molar-refractivity contribution >= 4 is 56.1 Å². The maximum absolute atomic E-state index is 11.0. The number of hydrogen-bond donors (Lipinski definition) is 0. The smallest absolute Gasteiger partial charge is 0.252 e. The Morgan fingerprint density at radius 3 is 1.96 bits per heavy atom. The fraction of sp³-hybridized carbons (Fsp3) is 0.619. The van der Waals surface area contributed by atoms with Crippen LogP contribution in [-0.2, 0) is 5.75 Å². The Morgan fingerprint density at radius 1 is 0.885 bits per heavy atom. The minimum absolute atomic E-state index is 0.410. The topological polar surface area (TPSA) is 17.1 Å². The van der Waals surface area contributed by atoms with Crippen LogP contribution in [0.15, 0.2) is 24.3 Å². The van der Waals surface area contributed by atoms with E-state index in [0.717, 1.165) is 15.0 Å². The van der Waals surface area contributed by atoms with Crippen LogP contribution in [0, 0.1) is 0 Å². The minimum Gasteiger partial charge on any atom is -0.276 e. The molecule has 0 atom stereocenters. The third-order valence-corrected chi connectivity index (χ3v) is 7.33. The van der Waals surface area contributed by atoms with Crippen LogP contribution in [0.2, 0.25) is 0 Å². The number of carbonyl (C=O) groups is 1. The van der Waals surface area contributed by atoms with Gasteiger partial charge in [-0.2, -0.15) is 0 Å². The van der Waals surface area contributed by atoms with Crippen molar-refractivity contribution in [2.45, 2.75) is 76.9 Å². The molecule has 0 fully saturated rings. The first kappa shape index (κ1) is 24.0. The van der Waals surface area contributed by atoms with Crippen molar-refractivity contribution in [1.29, 1.82) is 0 Å². The Hall–Kier alpha value is -0.0300. The number of halogens is 1. The highest BCUT2D eigenvalue weighted by Crippen LogP contribution is 2.23. The lowest BCUT2D eigenvalue weighted by Gasteiger charge is -2.05. The number of hydrogen-bond acceptors (Lipinski definition) is 4. The van der Waals surface area contributed by atoms with Crippen LogP contribution in [-0.4, -0.2) is 14.5 Å². The highest BCUT2D eigenvalue weighted by molar-refractivity contribution is 8.46. The van der Waals surface area contributed by atoms with Crippen molar-refractivity contribution < 1.29 is 4.79 Å². The van der Waals surface area contributed by atoms with E-state index in [4.69, 9.17) is 23.8 Å². The van der Waals surface area contributed by atoms with Crippen LogP contribution in [0.4, 0.5) is 0 Å². The summed E-state index contributed by atoms with van der Waals surface area (Å²) in [6, 6.07) is 7.42. The molecular weight excluding hydrogens is 400 g/mol. The lowest BCUT2D eigenvalue weighted by Crippen LogP contribution is -1.91. The van der Waals surface area contributed by atoms with Gasteiger partial charge in [0, 0.05) is 11.3 Å². The summed E-state index contributed by atoms with van der Waals surface area (Å²) in [4.78, 5) is 11.0. The number of carbonyl (C=O) groups excluding carboxylic acids is 1. The molecule has 0 N–H and O–H groups in total. The average molecular weight is 431 g/mol. The Labute approximate surface area is 178 Å². The molecule has 0 saturated carbocycles. The maximum Gasteiger partial charge on any atom is 0.252 e. The van der Waals surface area contributed by atoms with Crippen molar-refractivity contribution in [3.63, 3.8) is 0 Å². The van der Waals surface area contributed by atoms with Gasteiger partial charge in [0.25, 0.3) is 5.24 Å². The Morgan fingerprint density at radius 2 is 1.42 bits per heavy atom. The molecule has 0 aliphatic carbocycles. The molecule has 0 spiro atoms. The molecule has 5 heteroatoms. The van der Waals surface area contributed by atoms with E-state index in [1.165, 1.54) is 69.8 Å². The molecule has 0 bridgehead atoms. The number of benzene rings is 1. The van der Waals surface area contributed by atoms with E-state index in [1.807, 2.05) is 12.1 Å². The summed E-state index contributed by atoms with van der Waals surface area (Å²) in [6.07, 6.45) is 13.7. The zero-order chi connectivity index (χ0) is 19.0. The number of thiocarbonyl (C=S) groups is 1. The molecule has 0 saturated heterocycles. The molecule has 1 rings (SSSR count). The zero-order valence-electron chi connectivity index (χ0n) is 15.8. The summed E-state index contributed by atoms with van der Waals surface area (Å²) in [7, 11) is 0. The van der Waals surface area contributed by atoms with Crippen LogP contribution in [0.3, 0.4) is 0 Å². The standard InChI is InChI=1S/C21H31ClOS3/c1-2-3-4-5-6-7-8-9-10-11-16-25-21(24)26-17-18-12-14-19(15-13-18)20(22)23/h12-15H,2-11,16-17H2,1H3. The number of rotatable bonds is 14. The van der Waals surface area contributed by atoms with Gasteiger partial charge in [-0.05, 0) is 41.5 Å². The Bertz CT molecular complexity index is 516. The van der Waals surface area contributed by atoms with Crippen LogP contribution in [0.25, 0.3) is 0 Å². The van der Waals surface area contributed by atoms with Gasteiger partial charge in [0.05, 0.1) is 0 Å². The van der Waals surface area contributed by atoms with Gasteiger partial charge in [-0.1, -0.05) is 89.1 Å². The van der Waals surface area contributed by atoms with E-state index in [-0.39, 0.29) is 0 Å². The monoisotopic (exact) mass is 430 g/mol. The van der Waals surface area contributed by atoms with E-state index >= 15 is 0 Å². The minimum atomic E-state index is -0.410. The Kier molecular flexibility index (Phi) is 14.7. The normalized spacial score (nSPS) is 10.8. The summed E-state index contributed by atoms with van der Waals surface area (Å²) in [5, 5.41) is -0.410. The van der Waals surface area contributed by atoms with Crippen LogP contribution in [0.1, 0.15) is 87.1 Å². The third kappa shape index (κ3) is 12.4. The van der Waals surface area contributed by atoms with Gasteiger partial charge in [0.2, 0.25) is 0 Å². The molecule has 1 aromatic rings. The second kappa shape index (κ2) is 16.0. The van der Waals surface area contributed by atoms with E-state index in [0.29, 0.717) is 5.56 Å². The summed E-state index contributed by atoms with van der Waals surface area (Å²) in [6.45, 7) is 2.27. The molecule has 1 nitrogen and oxygen atoms in total. The maximum atomic E-state index is 11.0. The lowest BCUT2D eigenvalue weighted by atomic mass is 10.1. The van der Waals surface area contributed by atoms with Crippen molar-refractivity contribution in [3.05, 3.63) is 35.4 Å². The van der Waals surface area contributed by atoms with Gasteiger partial charge in [-0.25, -0.2) is 0 Å². The zero-order valence-corrected chi connectivity index (χ0v) is 19.0. The fourth-order valence-corrected chi connectivity index (χ4v) is 4.97. The molecule has 0 amide bonds. The molecule has 0 radical (unpaired) electrons. The van der Waals surface area contributed by atoms with Gasteiger partial charge < -0.3 is 0 Å². The van der Waals surface area contributed by atoms with Crippen LogP contribution >= 0.6 is 47.3 Å². The van der Waals surface area contributed by atoms with Gasteiger partial charge in [0.1, 0.15) is 3.53 Å². The van der Waals surface area contributed by atoms with E-state index in [2.05, 4.69) is 6.92 Å². The summed E-state index contributed by atoms with van der Waals surface area (Å²) in [5.41, 5.74) is 1.71. The SMILES string of the molecule is CCCCCCCCCCCCSC(=S)SCc1ccc(C(=O)Cl)cc1. The highest BCUT2D eigenvalue weighted by Gasteiger charge is 2.03. The first-order valence-corrected chi connectivity index (χ1v) is 12.5. The van der Waals surface area contributed by atoms with E-state index < -0.39 is 5.24 Å². The average Bonchev–Trinajstić information content (AvgIpc) is 2.64. The van der Waals surface area contributed by atoms with Crippen molar-refractivity contribution in [1.82, 2.24) is 0 Å². The van der Waals surface area contributed by atoms with E-state index in [9.17, 15) is 4.79 Å². The van der Waals surface area contributed by atoms with Crippen molar-refractivity contribution in [2.24, 2.45) is 0 Å². The molecule has 0 aliphatic heterocycles. The number of unbranched alkanes of at least 4 members (excludes halogenated alkanes) is 9. The summed E-state index contributed by atoms with van der Waals surface area (Å²) in [5.74, 6) is 1.97. The van der Waals surface area contributed by atoms with Crippen molar-refractivity contribution in [2.75, 3.05) is 5.75 Å². The van der Waals surface area contributed by atoms with E-state index in [1.54, 1.807) is 35.7 Å². The van der Waals surface area contributed by atoms with Gasteiger partial charge >= 0.3 is 0 Å². The predicted octanol–water partition coefficient (Wildman–Crippen LogP) is 8.24. The quantitative estimate of drug-likeness (QED) is 0.168. The molecule has 0 heterocycles. The van der Waals surface area contributed by atoms with Crippen LogP contribution in [0.5, 0.6) is 0 Å². The van der Waals surface area contributed by atoms with Crippen molar-refractivity contribution in [3.8, 4) is 0 Å². The summed E-state index contributed by atoms with van der Waals surface area (Å²) < 4.78 is 1.01. The second-order valence-electron chi connectivity index (χ2n) is 6.54. The molecule has 1 aromatic carbocycles. The lowest BCUT2D eigenvalue weighted by molar-refractivity contribution is 0.108.